The Morgan fingerprint density at radius 3 is 2.58 bits per heavy atom. The molecular weight excluding hydrogens is 236 g/mol. The average Bonchev–Trinajstić information content (AvgIpc) is 2.37. The van der Waals surface area contributed by atoms with E-state index in [9.17, 15) is 0 Å². The van der Waals surface area contributed by atoms with Gasteiger partial charge in [0.05, 0.1) is 13.2 Å². The summed E-state index contributed by atoms with van der Waals surface area (Å²) in [6.07, 6.45) is 1.11. The van der Waals surface area contributed by atoms with E-state index in [4.69, 9.17) is 4.74 Å². The third-order valence-corrected chi connectivity index (χ3v) is 3.90. The SMILES string of the molecule is Cc1cc(C)cc(N(C)C(C)CC2COCCN2)c1. The van der Waals surface area contributed by atoms with Crippen molar-refractivity contribution in [2.45, 2.75) is 39.3 Å². The average molecular weight is 262 g/mol. The Labute approximate surface area is 116 Å². The first-order valence-corrected chi connectivity index (χ1v) is 7.18. The monoisotopic (exact) mass is 262 g/mol. The van der Waals surface area contributed by atoms with Crippen molar-refractivity contribution in [3.05, 3.63) is 29.3 Å². The molecule has 2 atom stereocenters. The van der Waals surface area contributed by atoms with Gasteiger partial charge in [-0.25, -0.2) is 0 Å². The Balaban J connectivity index is 1.99. The van der Waals surface area contributed by atoms with Gasteiger partial charge in [-0.2, -0.15) is 0 Å². The third-order valence-electron chi connectivity index (χ3n) is 3.90. The number of ether oxygens (including phenoxy) is 1. The highest BCUT2D eigenvalue weighted by molar-refractivity contribution is 5.51. The lowest BCUT2D eigenvalue weighted by Crippen LogP contribution is -2.45. The molecule has 3 nitrogen and oxygen atoms in total. The molecule has 1 aromatic carbocycles. The first kappa shape index (κ1) is 14.4. The summed E-state index contributed by atoms with van der Waals surface area (Å²) in [6, 6.07) is 7.72. The number of hydrogen-bond acceptors (Lipinski definition) is 3. The molecule has 1 aliphatic heterocycles. The molecule has 0 saturated carbocycles. The molecule has 19 heavy (non-hydrogen) atoms. The molecule has 3 heteroatoms. The van der Waals surface area contributed by atoms with Crippen molar-refractivity contribution < 1.29 is 4.74 Å². The van der Waals surface area contributed by atoms with E-state index < -0.39 is 0 Å². The maximum atomic E-state index is 5.53. The molecule has 0 spiro atoms. The highest BCUT2D eigenvalue weighted by Crippen LogP contribution is 2.21. The van der Waals surface area contributed by atoms with E-state index in [0.717, 1.165) is 26.2 Å². The molecule has 1 saturated heterocycles. The standard InChI is InChI=1S/C16H26N2O/c1-12-7-13(2)9-16(8-12)18(4)14(3)10-15-11-19-6-5-17-15/h7-9,14-15,17H,5-6,10-11H2,1-4H3. The minimum atomic E-state index is 0.483. The summed E-state index contributed by atoms with van der Waals surface area (Å²) in [6.45, 7) is 9.26. The molecule has 106 valence electrons. The first-order chi connectivity index (χ1) is 9.06. The fraction of sp³-hybridized carbons (Fsp3) is 0.625. The van der Waals surface area contributed by atoms with E-state index in [0.29, 0.717) is 12.1 Å². The van der Waals surface area contributed by atoms with Crippen LogP contribution in [0.4, 0.5) is 5.69 Å². The van der Waals surface area contributed by atoms with Gasteiger partial charge >= 0.3 is 0 Å². The number of hydrogen-bond donors (Lipinski definition) is 1. The maximum absolute atomic E-state index is 5.53. The Morgan fingerprint density at radius 2 is 2.00 bits per heavy atom. The molecule has 1 aliphatic rings. The second-order valence-corrected chi connectivity index (χ2v) is 5.77. The fourth-order valence-corrected chi connectivity index (χ4v) is 2.75. The molecule has 2 unspecified atom stereocenters. The Kier molecular flexibility index (Phi) is 4.83. The van der Waals surface area contributed by atoms with Crippen LogP contribution in [0.15, 0.2) is 18.2 Å². The van der Waals surface area contributed by atoms with Gasteiger partial charge in [-0.3, -0.25) is 0 Å². The minimum absolute atomic E-state index is 0.483. The van der Waals surface area contributed by atoms with Crippen molar-refractivity contribution in [1.29, 1.82) is 0 Å². The van der Waals surface area contributed by atoms with Crippen LogP contribution in [0.3, 0.4) is 0 Å². The van der Waals surface area contributed by atoms with E-state index in [-0.39, 0.29) is 0 Å². The predicted molar refractivity (Wildman–Crippen MR) is 81.0 cm³/mol. The molecular formula is C16H26N2O. The number of rotatable bonds is 4. The molecule has 1 aromatic rings. The summed E-state index contributed by atoms with van der Waals surface area (Å²) in [4.78, 5) is 2.37. The molecule has 0 amide bonds. The second-order valence-electron chi connectivity index (χ2n) is 5.77. The van der Waals surface area contributed by atoms with Crippen molar-refractivity contribution in [2.24, 2.45) is 0 Å². The zero-order chi connectivity index (χ0) is 13.8. The maximum Gasteiger partial charge on any atom is 0.0621 e. The number of morpholine rings is 1. The summed E-state index contributed by atoms with van der Waals surface area (Å²) in [7, 11) is 2.18. The van der Waals surface area contributed by atoms with Crippen LogP contribution in [0.2, 0.25) is 0 Å². The van der Waals surface area contributed by atoms with E-state index >= 15 is 0 Å². The lowest BCUT2D eigenvalue weighted by Gasteiger charge is -2.32. The van der Waals surface area contributed by atoms with Gasteiger partial charge in [-0.05, 0) is 50.5 Å². The summed E-state index contributed by atoms with van der Waals surface area (Å²) >= 11 is 0. The lowest BCUT2D eigenvalue weighted by atomic mass is 10.1. The molecule has 0 aromatic heterocycles. The molecule has 1 N–H and O–H groups in total. The van der Waals surface area contributed by atoms with Crippen LogP contribution in [0.25, 0.3) is 0 Å². The Morgan fingerprint density at radius 1 is 1.32 bits per heavy atom. The zero-order valence-electron chi connectivity index (χ0n) is 12.6. The van der Waals surface area contributed by atoms with Gasteiger partial charge in [-0.15, -0.1) is 0 Å². The van der Waals surface area contributed by atoms with Crippen LogP contribution in [0, 0.1) is 13.8 Å². The number of anilines is 1. The van der Waals surface area contributed by atoms with Crippen molar-refractivity contribution in [3.63, 3.8) is 0 Å². The highest BCUT2D eigenvalue weighted by Gasteiger charge is 2.19. The van der Waals surface area contributed by atoms with Gasteiger partial charge in [-0.1, -0.05) is 6.07 Å². The summed E-state index contributed by atoms with van der Waals surface area (Å²) in [5.74, 6) is 0. The van der Waals surface area contributed by atoms with Gasteiger partial charge < -0.3 is 15.0 Å². The van der Waals surface area contributed by atoms with Crippen LogP contribution >= 0.6 is 0 Å². The lowest BCUT2D eigenvalue weighted by molar-refractivity contribution is 0.0724. The third kappa shape index (κ3) is 3.95. The smallest absolute Gasteiger partial charge is 0.0621 e. The van der Waals surface area contributed by atoms with E-state index in [1.807, 2.05) is 0 Å². The van der Waals surface area contributed by atoms with Crippen molar-refractivity contribution in [1.82, 2.24) is 5.32 Å². The van der Waals surface area contributed by atoms with Gasteiger partial charge in [0.1, 0.15) is 0 Å². The molecule has 1 heterocycles. The van der Waals surface area contributed by atoms with E-state index in [2.05, 4.69) is 56.2 Å². The van der Waals surface area contributed by atoms with Gasteiger partial charge in [0.2, 0.25) is 0 Å². The Hall–Kier alpha value is -1.06. The molecule has 0 aliphatic carbocycles. The summed E-state index contributed by atoms with van der Waals surface area (Å²) in [5, 5.41) is 3.53. The predicted octanol–water partition coefficient (Wildman–Crippen LogP) is 2.51. The van der Waals surface area contributed by atoms with E-state index in [1.54, 1.807) is 0 Å². The summed E-state index contributed by atoms with van der Waals surface area (Å²) < 4.78 is 5.53. The first-order valence-electron chi connectivity index (χ1n) is 7.18. The minimum Gasteiger partial charge on any atom is -0.379 e. The van der Waals surface area contributed by atoms with Crippen molar-refractivity contribution in [3.8, 4) is 0 Å². The molecule has 1 fully saturated rings. The van der Waals surface area contributed by atoms with Crippen LogP contribution in [-0.4, -0.2) is 38.9 Å². The fourth-order valence-electron chi connectivity index (χ4n) is 2.75. The quantitative estimate of drug-likeness (QED) is 0.902. The Bertz CT molecular complexity index is 393. The van der Waals surface area contributed by atoms with Crippen LogP contribution < -0.4 is 10.2 Å². The second kappa shape index (κ2) is 6.40. The van der Waals surface area contributed by atoms with Gasteiger partial charge in [0, 0.05) is 31.4 Å². The zero-order valence-corrected chi connectivity index (χ0v) is 12.6. The molecule has 0 radical (unpaired) electrons. The number of nitrogens with zero attached hydrogens (tertiary/aromatic N) is 1. The topological polar surface area (TPSA) is 24.5 Å². The molecule has 2 rings (SSSR count). The van der Waals surface area contributed by atoms with Crippen molar-refractivity contribution in [2.75, 3.05) is 31.7 Å². The molecule has 0 bridgehead atoms. The van der Waals surface area contributed by atoms with Gasteiger partial charge in [0.15, 0.2) is 0 Å². The number of aryl methyl sites for hydroxylation is 2. The normalized spacial score (nSPS) is 21.2. The summed E-state index contributed by atoms with van der Waals surface area (Å²) in [5.41, 5.74) is 3.96. The van der Waals surface area contributed by atoms with Crippen molar-refractivity contribution >= 4 is 5.69 Å². The van der Waals surface area contributed by atoms with E-state index in [1.165, 1.54) is 16.8 Å². The van der Waals surface area contributed by atoms with Crippen LogP contribution in [-0.2, 0) is 4.74 Å². The number of benzene rings is 1. The van der Waals surface area contributed by atoms with Crippen LogP contribution in [0.1, 0.15) is 24.5 Å². The van der Waals surface area contributed by atoms with Gasteiger partial charge in [0.25, 0.3) is 0 Å². The number of nitrogens with one attached hydrogen (secondary N) is 1. The highest BCUT2D eigenvalue weighted by atomic mass is 16.5. The largest absolute Gasteiger partial charge is 0.379 e. The van der Waals surface area contributed by atoms with Crippen LogP contribution in [0.5, 0.6) is 0 Å².